The molecule has 0 aliphatic heterocycles. The number of phenolic OH excluding ortho intramolecular Hbond substituents is 2. The first-order valence-electron chi connectivity index (χ1n) is 8.76. The van der Waals surface area contributed by atoms with Gasteiger partial charge in [0.05, 0.1) is 18.4 Å². The van der Waals surface area contributed by atoms with Gasteiger partial charge in [-0.15, -0.1) is 0 Å². The highest BCUT2D eigenvalue weighted by Crippen LogP contribution is 2.35. The summed E-state index contributed by atoms with van der Waals surface area (Å²) in [5.41, 5.74) is 3.93. The van der Waals surface area contributed by atoms with Crippen molar-refractivity contribution < 1.29 is 19.4 Å². The smallest absolute Gasteiger partial charge is 0.231 e. The summed E-state index contributed by atoms with van der Waals surface area (Å²) in [6.07, 6.45) is 1.50. The molecule has 0 saturated carbocycles. The van der Waals surface area contributed by atoms with E-state index in [0.717, 1.165) is 15.6 Å². The van der Waals surface area contributed by atoms with E-state index in [4.69, 9.17) is 9.15 Å². The van der Waals surface area contributed by atoms with E-state index in [2.05, 4.69) is 25.9 Å². The second-order valence-corrected chi connectivity index (χ2v) is 7.41. The van der Waals surface area contributed by atoms with Gasteiger partial charge in [0.2, 0.25) is 5.89 Å². The first kappa shape index (κ1) is 19.0. The number of aliphatic imine (C=N–C) groups is 1. The maximum atomic E-state index is 10.5. The molecule has 146 valence electrons. The molecule has 1 aromatic heterocycles. The highest BCUT2D eigenvalue weighted by Gasteiger charge is 2.13. The van der Waals surface area contributed by atoms with Gasteiger partial charge >= 0.3 is 0 Å². The van der Waals surface area contributed by atoms with E-state index in [1.165, 1.54) is 19.4 Å². The van der Waals surface area contributed by atoms with Crippen LogP contribution in [0.25, 0.3) is 22.6 Å². The molecule has 0 bridgehead atoms. The molecule has 0 unspecified atom stereocenters. The Morgan fingerprint density at radius 2 is 1.93 bits per heavy atom. The normalized spacial score (nSPS) is 11.4. The number of nitrogens with zero attached hydrogens (tertiary/aromatic N) is 2. The average molecular weight is 453 g/mol. The van der Waals surface area contributed by atoms with Gasteiger partial charge in [-0.3, -0.25) is 4.99 Å². The Hall–Kier alpha value is -3.32. The molecule has 0 aliphatic rings. The van der Waals surface area contributed by atoms with Crippen LogP contribution in [0.1, 0.15) is 11.1 Å². The van der Waals surface area contributed by atoms with Crippen LogP contribution in [0, 0.1) is 6.92 Å². The Balaban J connectivity index is 1.65. The summed E-state index contributed by atoms with van der Waals surface area (Å²) in [6, 6.07) is 14.1. The largest absolute Gasteiger partial charge is 0.507 e. The average Bonchev–Trinajstić information content (AvgIpc) is 3.11. The third-order valence-corrected chi connectivity index (χ3v) is 4.86. The Bertz CT molecular complexity index is 1250. The highest BCUT2D eigenvalue weighted by atomic mass is 79.9. The number of fused-ring (bicyclic) bond motifs is 1. The van der Waals surface area contributed by atoms with Crippen molar-refractivity contribution in [3.63, 3.8) is 0 Å². The van der Waals surface area contributed by atoms with Crippen LogP contribution in [-0.4, -0.2) is 28.5 Å². The lowest BCUT2D eigenvalue weighted by Gasteiger charge is -2.07. The second kappa shape index (κ2) is 7.60. The van der Waals surface area contributed by atoms with Gasteiger partial charge in [-0.2, -0.15) is 0 Å². The lowest BCUT2D eigenvalue weighted by atomic mass is 10.1. The summed E-state index contributed by atoms with van der Waals surface area (Å²) in [4.78, 5) is 8.76. The van der Waals surface area contributed by atoms with Crippen molar-refractivity contribution in [2.24, 2.45) is 4.99 Å². The van der Waals surface area contributed by atoms with Gasteiger partial charge in [0.25, 0.3) is 0 Å². The van der Waals surface area contributed by atoms with Crippen molar-refractivity contribution in [1.82, 2.24) is 4.98 Å². The second-order valence-electron chi connectivity index (χ2n) is 6.50. The number of rotatable bonds is 4. The lowest BCUT2D eigenvalue weighted by Crippen LogP contribution is -1.89. The van der Waals surface area contributed by atoms with Crippen LogP contribution in [0.5, 0.6) is 17.2 Å². The van der Waals surface area contributed by atoms with Gasteiger partial charge in [-0.25, -0.2) is 4.98 Å². The van der Waals surface area contributed by atoms with Crippen molar-refractivity contribution in [3.05, 3.63) is 64.1 Å². The van der Waals surface area contributed by atoms with Crippen LogP contribution >= 0.6 is 15.9 Å². The third-order valence-electron chi connectivity index (χ3n) is 4.40. The van der Waals surface area contributed by atoms with Crippen molar-refractivity contribution in [3.8, 4) is 28.7 Å². The van der Waals surface area contributed by atoms with Crippen molar-refractivity contribution in [2.75, 3.05) is 7.11 Å². The maximum Gasteiger partial charge on any atom is 0.231 e. The minimum absolute atomic E-state index is 0.000951. The monoisotopic (exact) mass is 452 g/mol. The maximum absolute atomic E-state index is 10.5. The molecule has 7 heteroatoms. The Labute approximate surface area is 175 Å². The summed E-state index contributed by atoms with van der Waals surface area (Å²) in [7, 11) is 1.48. The molecule has 4 aromatic rings. The molecule has 4 rings (SSSR count). The van der Waals surface area contributed by atoms with Crippen LogP contribution in [-0.2, 0) is 0 Å². The zero-order valence-corrected chi connectivity index (χ0v) is 17.3. The molecular formula is C22H17BrN2O4. The number of benzene rings is 3. The van der Waals surface area contributed by atoms with Crippen LogP contribution in [0.4, 0.5) is 5.69 Å². The van der Waals surface area contributed by atoms with E-state index in [-0.39, 0.29) is 11.5 Å². The first-order chi connectivity index (χ1) is 13.9. The standard InChI is InChI=1S/C22H17BrN2O4/c1-12-3-6-17-19(7-12)29-22(25-17)16-5-4-15(10-18(16)26)24-11-13-8-14(23)9-20(28-2)21(13)27/h3-11,26-27H,1-2H3. The Morgan fingerprint density at radius 1 is 1.10 bits per heavy atom. The zero-order valence-electron chi connectivity index (χ0n) is 15.7. The fourth-order valence-electron chi connectivity index (χ4n) is 2.92. The van der Waals surface area contributed by atoms with Crippen LogP contribution in [0.15, 0.2) is 62.4 Å². The van der Waals surface area contributed by atoms with Crippen molar-refractivity contribution in [2.45, 2.75) is 6.92 Å². The number of methoxy groups -OCH3 is 1. The van der Waals surface area contributed by atoms with Gasteiger partial charge in [-0.1, -0.05) is 22.0 Å². The van der Waals surface area contributed by atoms with Crippen LogP contribution < -0.4 is 4.74 Å². The van der Waals surface area contributed by atoms with E-state index in [1.54, 1.807) is 24.3 Å². The van der Waals surface area contributed by atoms with E-state index < -0.39 is 0 Å². The molecule has 3 aromatic carbocycles. The summed E-state index contributed by atoms with van der Waals surface area (Å²) >= 11 is 3.37. The highest BCUT2D eigenvalue weighted by molar-refractivity contribution is 9.10. The molecule has 0 aliphatic carbocycles. The molecule has 2 N–H and O–H groups in total. The predicted molar refractivity (Wildman–Crippen MR) is 115 cm³/mol. The Kier molecular flexibility index (Phi) is 4.98. The summed E-state index contributed by atoms with van der Waals surface area (Å²) in [6.45, 7) is 1.98. The summed E-state index contributed by atoms with van der Waals surface area (Å²) in [5.74, 6) is 0.666. The van der Waals surface area contributed by atoms with Gasteiger partial charge in [-0.05, 0) is 48.9 Å². The number of oxazole rings is 1. The molecule has 1 heterocycles. The molecule has 0 amide bonds. The fraction of sp³-hybridized carbons (Fsp3) is 0.0909. The number of phenols is 2. The number of ether oxygens (including phenoxy) is 1. The van der Waals surface area contributed by atoms with E-state index in [1.807, 2.05) is 25.1 Å². The number of hydrogen-bond donors (Lipinski definition) is 2. The quantitative estimate of drug-likeness (QED) is 0.385. The summed E-state index contributed by atoms with van der Waals surface area (Å²) < 4.78 is 11.7. The lowest BCUT2D eigenvalue weighted by molar-refractivity contribution is 0.373. The topological polar surface area (TPSA) is 88.1 Å². The van der Waals surface area contributed by atoms with E-state index >= 15 is 0 Å². The van der Waals surface area contributed by atoms with Crippen LogP contribution in [0.3, 0.4) is 0 Å². The minimum Gasteiger partial charge on any atom is -0.507 e. The minimum atomic E-state index is -0.0120. The molecule has 0 fully saturated rings. The Morgan fingerprint density at radius 3 is 2.69 bits per heavy atom. The molecular weight excluding hydrogens is 436 g/mol. The number of aromatic hydroxyl groups is 2. The van der Waals surface area contributed by atoms with Gasteiger partial charge in [0, 0.05) is 22.3 Å². The first-order valence-corrected chi connectivity index (χ1v) is 9.55. The number of aryl methyl sites for hydroxylation is 1. The number of aromatic nitrogens is 1. The van der Waals surface area contributed by atoms with Crippen molar-refractivity contribution >= 4 is 38.9 Å². The fourth-order valence-corrected chi connectivity index (χ4v) is 3.38. The molecule has 0 saturated heterocycles. The predicted octanol–water partition coefficient (Wildman–Crippen LogP) is 5.74. The third kappa shape index (κ3) is 3.82. The molecule has 0 radical (unpaired) electrons. The summed E-state index contributed by atoms with van der Waals surface area (Å²) in [5, 5.41) is 20.7. The number of halogens is 1. The molecule has 6 nitrogen and oxygen atoms in total. The molecule has 0 spiro atoms. The molecule has 29 heavy (non-hydrogen) atoms. The van der Waals surface area contributed by atoms with Gasteiger partial charge in [0.1, 0.15) is 11.3 Å². The van der Waals surface area contributed by atoms with Gasteiger partial charge in [0.15, 0.2) is 17.1 Å². The van der Waals surface area contributed by atoms with Gasteiger partial charge < -0.3 is 19.4 Å². The SMILES string of the molecule is COc1cc(Br)cc(C=Nc2ccc(-c3nc4ccc(C)cc4o3)c(O)c2)c1O. The van der Waals surface area contributed by atoms with Crippen molar-refractivity contribution in [1.29, 1.82) is 0 Å². The van der Waals surface area contributed by atoms with E-state index in [0.29, 0.717) is 34.0 Å². The zero-order chi connectivity index (χ0) is 20.5. The van der Waals surface area contributed by atoms with E-state index in [9.17, 15) is 10.2 Å². The number of hydrogen-bond acceptors (Lipinski definition) is 6. The molecule has 0 atom stereocenters. The van der Waals surface area contributed by atoms with Crippen LogP contribution in [0.2, 0.25) is 0 Å².